The number of hydrogen-bond donors (Lipinski definition) is 2. The summed E-state index contributed by atoms with van der Waals surface area (Å²) in [6, 6.07) is 4.26. The van der Waals surface area contributed by atoms with Gasteiger partial charge < -0.3 is 5.32 Å². The summed E-state index contributed by atoms with van der Waals surface area (Å²) in [5.41, 5.74) is 4.97. The van der Waals surface area contributed by atoms with E-state index in [0.29, 0.717) is 0 Å². The van der Waals surface area contributed by atoms with E-state index in [1.807, 2.05) is 13.1 Å². The molecule has 0 saturated carbocycles. The van der Waals surface area contributed by atoms with Crippen LogP contribution in [0.5, 0.6) is 0 Å². The highest BCUT2D eigenvalue weighted by molar-refractivity contribution is 5.41. The van der Waals surface area contributed by atoms with Crippen LogP contribution in [0.15, 0.2) is 18.3 Å². The van der Waals surface area contributed by atoms with Crippen LogP contribution in [0.4, 0.5) is 5.82 Å². The number of fused-ring (bicyclic) bond motifs is 1. The van der Waals surface area contributed by atoms with E-state index >= 15 is 0 Å². The molecule has 4 heteroatoms. The van der Waals surface area contributed by atoms with Gasteiger partial charge in [0.05, 0.1) is 6.20 Å². The molecule has 0 aliphatic heterocycles. The smallest absolute Gasteiger partial charge is 0.126 e. The third-order valence-corrected chi connectivity index (χ3v) is 3.32. The van der Waals surface area contributed by atoms with Crippen LogP contribution in [0.1, 0.15) is 28.9 Å². The van der Waals surface area contributed by atoms with Gasteiger partial charge in [-0.15, -0.1) is 0 Å². The number of aryl methyl sites for hydroxylation is 3. The highest BCUT2D eigenvalue weighted by Gasteiger charge is 2.12. The van der Waals surface area contributed by atoms with Crippen LogP contribution in [-0.2, 0) is 19.4 Å². The topological polar surface area (TPSA) is 53.6 Å². The van der Waals surface area contributed by atoms with E-state index in [9.17, 15) is 0 Å². The molecule has 1 aliphatic carbocycles. The predicted molar refractivity (Wildman–Crippen MR) is 66.9 cm³/mol. The lowest BCUT2D eigenvalue weighted by Gasteiger charge is -2.06. The summed E-state index contributed by atoms with van der Waals surface area (Å²) in [6.07, 6.45) is 5.40. The zero-order chi connectivity index (χ0) is 11.7. The van der Waals surface area contributed by atoms with Crippen LogP contribution in [0, 0.1) is 6.92 Å². The number of rotatable bonds is 3. The van der Waals surface area contributed by atoms with Crippen molar-refractivity contribution >= 4 is 5.82 Å². The van der Waals surface area contributed by atoms with E-state index in [-0.39, 0.29) is 0 Å². The van der Waals surface area contributed by atoms with E-state index in [1.54, 1.807) is 0 Å². The normalized spacial score (nSPS) is 13.7. The molecule has 2 aromatic heterocycles. The Morgan fingerprint density at radius 2 is 2.29 bits per heavy atom. The van der Waals surface area contributed by atoms with Crippen molar-refractivity contribution in [3.8, 4) is 0 Å². The number of nitrogens with one attached hydrogen (secondary N) is 2. The third-order valence-electron chi connectivity index (χ3n) is 3.32. The monoisotopic (exact) mass is 228 g/mol. The molecule has 88 valence electrons. The maximum atomic E-state index is 4.64. The minimum Gasteiger partial charge on any atom is -0.366 e. The van der Waals surface area contributed by atoms with Gasteiger partial charge in [0.1, 0.15) is 5.82 Å². The SMILES string of the molecule is Cc1[nH]ncc1CNc1ccc2c(n1)CCC2. The number of aromatic amines is 1. The molecule has 0 radical (unpaired) electrons. The molecular formula is C13H16N4. The van der Waals surface area contributed by atoms with Gasteiger partial charge in [-0.25, -0.2) is 4.98 Å². The van der Waals surface area contributed by atoms with Crippen LogP contribution in [0.25, 0.3) is 0 Å². The molecule has 2 N–H and O–H groups in total. The Bertz CT molecular complexity index is 530. The number of pyridine rings is 1. The molecule has 17 heavy (non-hydrogen) atoms. The third kappa shape index (κ3) is 2.02. The Morgan fingerprint density at radius 1 is 1.35 bits per heavy atom. The fourth-order valence-electron chi connectivity index (χ4n) is 2.26. The van der Waals surface area contributed by atoms with E-state index < -0.39 is 0 Å². The van der Waals surface area contributed by atoms with Crippen molar-refractivity contribution in [3.05, 3.63) is 40.8 Å². The first-order valence-electron chi connectivity index (χ1n) is 6.04. The minimum atomic E-state index is 0.772. The van der Waals surface area contributed by atoms with Gasteiger partial charge in [0.2, 0.25) is 0 Å². The first-order valence-corrected chi connectivity index (χ1v) is 6.04. The van der Waals surface area contributed by atoms with Crippen LogP contribution < -0.4 is 5.32 Å². The first-order chi connectivity index (χ1) is 8.33. The van der Waals surface area contributed by atoms with Crippen molar-refractivity contribution in [2.24, 2.45) is 0 Å². The summed E-state index contributed by atoms with van der Waals surface area (Å²) >= 11 is 0. The second kappa shape index (κ2) is 4.20. The number of H-pyrrole nitrogens is 1. The van der Waals surface area contributed by atoms with E-state index in [0.717, 1.165) is 24.5 Å². The van der Waals surface area contributed by atoms with Crippen LogP contribution in [-0.4, -0.2) is 15.2 Å². The first kappa shape index (κ1) is 10.3. The predicted octanol–water partition coefficient (Wildman–Crippen LogP) is 2.21. The maximum absolute atomic E-state index is 4.64. The van der Waals surface area contributed by atoms with Crippen LogP contribution in [0.3, 0.4) is 0 Å². The van der Waals surface area contributed by atoms with Crippen molar-refractivity contribution < 1.29 is 0 Å². The maximum Gasteiger partial charge on any atom is 0.126 e. The molecule has 0 bridgehead atoms. The lowest BCUT2D eigenvalue weighted by molar-refractivity contribution is 0.899. The van der Waals surface area contributed by atoms with Crippen molar-refractivity contribution in [1.82, 2.24) is 15.2 Å². The van der Waals surface area contributed by atoms with Gasteiger partial charge in [0, 0.05) is 23.5 Å². The summed E-state index contributed by atoms with van der Waals surface area (Å²) in [5.74, 6) is 0.964. The molecule has 0 aromatic carbocycles. The quantitative estimate of drug-likeness (QED) is 0.847. The standard InChI is InChI=1S/C13H16N4/c1-9-11(8-15-17-9)7-14-13-6-5-10-3-2-4-12(10)16-13/h5-6,8H,2-4,7H2,1H3,(H,14,16)(H,15,17). The molecule has 0 spiro atoms. The molecule has 0 atom stereocenters. The molecule has 0 unspecified atom stereocenters. The van der Waals surface area contributed by atoms with Gasteiger partial charge in [-0.3, -0.25) is 5.10 Å². The van der Waals surface area contributed by atoms with Crippen molar-refractivity contribution in [3.63, 3.8) is 0 Å². The number of nitrogens with zero attached hydrogens (tertiary/aromatic N) is 2. The van der Waals surface area contributed by atoms with Gasteiger partial charge in [-0.1, -0.05) is 6.07 Å². The molecule has 1 aliphatic rings. The second-order valence-corrected chi connectivity index (χ2v) is 4.53. The second-order valence-electron chi connectivity index (χ2n) is 4.53. The van der Waals surface area contributed by atoms with Crippen molar-refractivity contribution in [2.75, 3.05) is 5.32 Å². The Balaban J connectivity index is 1.72. The Morgan fingerprint density at radius 3 is 3.12 bits per heavy atom. The summed E-state index contributed by atoms with van der Waals surface area (Å²) in [4.78, 5) is 4.64. The van der Waals surface area contributed by atoms with E-state index in [1.165, 1.54) is 29.7 Å². The Kier molecular flexibility index (Phi) is 2.55. The average molecular weight is 228 g/mol. The summed E-state index contributed by atoms with van der Waals surface area (Å²) in [5, 5.41) is 10.3. The lowest BCUT2D eigenvalue weighted by Crippen LogP contribution is -2.03. The highest BCUT2D eigenvalue weighted by Crippen LogP contribution is 2.21. The molecule has 0 amide bonds. The van der Waals surface area contributed by atoms with Crippen molar-refractivity contribution in [1.29, 1.82) is 0 Å². The van der Waals surface area contributed by atoms with Crippen LogP contribution in [0.2, 0.25) is 0 Å². The zero-order valence-electron chi connectivity index (χ0n) is 9.95. The lowest BCUT2D eigenvalue weighted by atomic mass is 10.2. The molecule has 0 fully saturated rings. The van der Waals surface area contributed by atoms with Gasteiger partial charge >= 0.3 is 0 Å². The summed E-state index contributed by atoms with van der Waals surface area (Å²) in [7, 11) is 0. The molecule has 3 rings (SSSR count). The van der Waals surface area contributed by atoms with Gasteiger partial charge in [-0.05, 0) is 37.8 Å². The number of hydrogen-bond acceptors (Lipinski definition) is 3. The fourth-order valence-corrected chi connectivity index (χ4v) is 2.26. The summed E-state index contributed by atoms with van der Waals surface area (Å²) in [6.45, 7) is 2.80. The highest BCUT2D eigenvalue weighted by atomic mass is 15.1. The molecule has 2 aromatic rings. The molecular weight excluding hydrogens is 212 g/mol. The molecule has 4 nitrogen and oxygen atoms in total. The molecule has 2 heterocycles. The number of aromatic nitrogens is 3. The van der Waals surface area contributed by atoms with Gasteiger partial charge in [0.25, 0.3) is 0 Å². The molecule has 0 saturated heterocycles. The Hall–Kier alpha value is -1.84. The largest absolute Gasteiger partial charge is 0.366 e. The summed E-state index contributed by atoms with van der Waals surface area (Å²) < 4.78 is 0. The van der Waals surface area contributed by atoms with Gasteiger partial charge in [0.15, 0.2) is 0 Å². The van der Waals surface area contributed by atoms with E-state index in [4.69, 9.17) is 0 Å². The van der Waals surface area contributed by atoms with E-state index in [2.05, 4.69) is 32.6 Å². The van der Waals surface area contributed by atoms with Gasteiger partial charge in [-0.2, -0.15) is 5.10 Å². The Labute approximate surface area is 100 Å². The average Bonchev–Trinajstić information content (AvgIpc) is 2.94. The van der Waals surface area contributed by atoms with Crippen molar-refractivity contribution in [2.45, 2.75) is 32.7 Å². The fraction of sp³-hybridized carbons (Fsp3) is 0.385. The minimum absolute atomic E-state index is 0.772. The zero-order valence-corrected chi connectivity index (χ0v) is 9.95. The van der Waals surface area contributed by atoms with Crippen LogP contribution >= 0.6 is 0 Å². The number of anilines is 1.